The average molecular weight is 466 g/mol. The Labute approximate surface area is 182 Å². The zero-order valence-electron chi connectivity index (χ0n) is 19.8. The SMILES string of the molecule is CCOP(=O)(CC[C@@H](N=C1C[C@H]2CC[C@]1(C)C2(C)C)P(=O)(OCC)OCC)OCC. The molecule has 3 atom stereocenters. The van der Waals surface area contributed by atoms with Crippen LogP contribution < -0.4 is 0 Å². The van der Waals surface area contributed by atoms with Crippen molar-refractivity contribution in [3.8, 4) is 0 Å². The first-order chi connectivity index (χ1) is 14.0. The minimum atomic E-state index is -3.52. The van der Waals surface area contributed by atoms with E-state index in [1.54, 1.807) is 27.7 Å². The molecule has 2 bridgehead atoms. The van der Waals surface area contributed by atoms with Gasteiger partial charge in [-0.2, -0.15) is 0 Å². The second kappa shape index (κ2) is 10.3. The summed E-state index contributed by atoms with van der Waals surface area (Å²) >= 11 is 0. The zero-order valence-corrected chi connectivity index (χ0v) is 21.6. The van der Waals surface area contributed by atoms with E-state index in [2.05, 4.69) is 20.8 Å². The minimum Gasteiger partial charge on any atom is -0.309 e. The molecule has 0 aromatic rings. The molecule has 0 N–H and O–H groups in total. The molecule has 30 heavy (non-hydrogen) atoms. The van der Waals surface area contributed by atoms with E-state index in [0.717, 1.165) is 18.6 Å². The van der Waals surface area contributed by atoms with Crippen molar-refractivity contribution in [2.24, 2.45) is 21.7 Å². The van der Waals surface area contributed by atoms with Gasteiger partial charge in [0, 0.05) is 11.1 Å². The summed E-state index contributed by atoms with van der Waals surface area (Å²) in [5.41, 5.74) is 1.22. The molecule has 2 rings (SSSR count). The Bertz CT molecular complexity index is 690. The van der Waals surface area contributed by atoms with Gasteiger partial charge in [-0.3, -0.25) is 14.1 Å². The maximum atomic E-state index is 13.7. The van der Waals surface area contributed by atoms with Gasteiger partial charge in [-0.05, 0) is 64.7 Å². The Morgan fingerprint density at radius 2 is 1.50 bits per heavy atom. The summed E-state index contributed by atoms with van der Waals surface area (Å²) in [6.45, 7) is 15.2. The van der Waals surface area contributed by atoms with E-state index >= 15 is 0 Å². The fourth-order valence-corrected chi connectivity index (χ4v) is 8.75. The molecule has 2 aliphatic rings. The summed E-state index contributed by atoms with van der Waals surface area (Å²) in [5, 5.41) is 0. The van der Waals surface area contributed by atoms with Gasteiger partial charge in [-0.1, -0.05) is 20.8 Å². The highest BCUT2D eigenvalue weighted by molar-refractivity contribution is 7.55. The van der Waals surface area contributed by atoms with Gasteiger partial charge in [0.1, 0.15) is 0 Å². The van der Waals surface area contributed by atoms with Gasteiger partial charge >= 0.3 is 15.2 Å². The van der Waals surface area contributed by atoms with E-state index in [1.807, 2.05) is 0 Å². The summed E-state index contributed by atoms with van der Waals surface area (Å²) in [5.74, 6) is -0.132. The number of rotatable bonds is 13. The zero-order chi connectivity index (χ0) is 22.6. The minimum absolute atomic E-state index is 0.0251. The first kappa shape index (κ1) is 26.2. The van der Waals surface area contributed by atoms with Crippen molar-refractivity contribution in [3.05, 3.63) is 0 Å². The highest BCUT2D eigenvalue weighted by Gasteiger charge is 2.60. The van der Waals surface area contributed by atoms with E-state index in [9.17, 15) is 9.13 Å². The maximum Gasteiger partial charge on any atom is 0.354 e. The van der Waals surface area contributed by atoms with E-state index in [1.165, 1.54) is 6.42 Å². The number of hydrogen-bond donors (Lipinski definition) is 0. The van der Waals surface area contributed by atoms with E-state index < -0.39 is 21.0 Å². The molecular formula is C21H41NO6P2. The molecule has 0 spiro atoms. The predicted molar refractivity (Wildman–Crippen MR) is 122 cm³/mol. The van der Waals surface area contributed by atoms with Crippen LogP contribution in [0.5, 0.6) is 0 Å². The first-order valence-corrected chi connectivity index (χ1v) is 14.7. The molecule has 9 heteroatoms. The molecule has 0 aromatic carbocycles. The molecule has 0 radical (unpaired) electrons. The van der Waals surface area contributed by atoms with Crippen molar-refractivity contribution in [1.82, 2.24) is 0 Å². The molecule has 7 nitrogen and oxygen atoms in total. The lowest BCUT2D eigenvalue weighted by Crippen LogP contribution is -2.33. The summed E-state index contributed by atoms with van der Waals surface area (Å²) in [4.78, 5) is 5.03. The van der Waals surface area contributed by atoms with Crippen molar-refractivity contribution >= 4 is 20.9 Å². The third-order valence-electron chi connectivity index (χ3n) is 7.11. The Hall–Kier alpha value is -0.0300. The van der Waals surface area contributed by atoms with Crippen molar-refractivity contribution in [2.75, 3.05) is 32.6 Å². The maximum absolute atomic E-state index is 13.7. The standard InChI is InChI=1S/C21H41NO6P2/c1-8-25-29(23,26-9-2)15-13-19(30(24,27-10-3)28-11-4)22-18-16-17-12-14-21(18,7)20(17,5)6/h17,19H,8-16H2,1-7H3/t17-,19+,21+/m1/s1. The topological polar surface area (TPSA) is 83.4 Å². The highest BCUT2D eigenvalue weighted by Crippen LogP contribution is 2.65. The van der Waals surface area contributed by atoms with Crippen LogP contribution in [0.15, 0.2) is 4.99 Å². The van der Waals surface area contributed by atoms with Gasteiger partial charge in [0.25, 0.3) is 0 Å². The molecule has 2 aliphatic carbocycles. The van der Waals surface area contributed by atoms with E-state index in [4.69, 9.17) is 23.1 Å². The van der Waals surface area contributed by atoms with Gasteiger partial charge in [0.15, 0.2) is 5.78 Å². The molecule has 0 saturated heterocycles. The smallest absolute Gasteiger partial charge is 0.309 e. The van der Waals surface area contributed by atoms with Gasteiger partial charge in [0.2, 0.25) is 0 Å². The number of fused-ring (bicyclic) bond motifs is 2. The molecule has 0 amide bonds. The predicted octanol–water partition coefficient (Wildman–Crippen LogP) is 6.52. The largest absolute Gasteiger partial charge is 0.354 e. The Kier molecular flexibility index (Phi) is 8.98. The molecule has 0 aromatic heterocycles. The lowest BCUT2D eigenvalue weighted by molar-refractivity contribution is 0.193. The summed E-state index contributed by atoms with van der Waals surface area (Å²) in [7, 11) is -6.80. The fourth-order valence-electron chi connectivity index (χ4n) is 5.00. The molecular weight excluding hydrogens is 424 g/mol. The van der Waals surface area contributed by atoms with E-state index in [-0.39, 0.29) is 36.6 Å². The Morgan fingerprint density at radius 3 is 1.90 bits per heavy atom. The lowest BCUT2D eigenvalue weighted by Gasteiger charge is -2.35. The lowest BCUT2D eigenvalue weighted by atomic mass is 9.70. The quantitative estimate of drug-likeness (QED) is 0.288. The summed E-state index contributed by atoms with van der Waals surface area (Å²) in [6.07, 6.45) is 3.59. The average Bonchev–Trinajstić information content (AvgIpc) is 2.99. The van der Waals surface area contributed by atoms with Crippen LogP contribution >= 0.6 is 15.2 Å². The van der Waals surface area contributed by atoms with Crippen molar-refractivity contribution in [1.29, 1.82) is 0 Å². The summed E-state index contributed by atoms with van der Waals surface area (Å²) < 4.78 is 48.9. The van der Waals surface area contributed by atoms with Gasteiger partial charge < -0.3 is 18.1 Å². The third-order valence-corrected chi connectivity index (χ3v) is 11.6. The fraction of sp³-hybridized carbons (Fsp3) is 0.952. The van der Waals surface area contributed by atoms with Crippen LogP contribution in [0.4, 0.5) is 0 Å². The van der Waals surface area contributed by atoms with E-state index in [0.29, 0.717) is 19.1 Å². The van der Waals surface area contributed by atoms with Gasteiger partial charge in [-0.25, -0.2) is 0 Å². The van der Waals surface area contributed by atoms with Crippen LogP contribution in [0, 0.1) is 16.7 Å². The van der Waals surface area contributed by atoms with Crippen LogP contribution in [0.25, 0.3) is 0 Å². The Balaban J connectivity index is 2.38. The highest BCUT2D eigenvalue weighted by atomic mass is 31.2. The van der Waals surface area contributed by atoms with Gasteiger partial charge in [-0.15, -0.1) is 0 Å². The number of aliphatic imine (C=N–C) groups is 1. The number of nitrogens with zero attached hydrogens (tertiary/aromatic N) is 1. The molecule has 0 heterocycles. The van der Waals surface area contributed by atoms with Crippen LogP contribution in [0.3, 0.4) is 0 Å². The first-order valence-electron chi connectivity index (χ1n) is 11.4. The summed E-state index contributed by atoms with van der Waals surface area (Å²) in [6, 6.07) is 0. The number of hydrogen-bond acceptors (Lipinski definition) is 7. The van der Waals surface area contributed by atoms with Crippen LogP contribution in [-0.2, 0) is 27.2 Å². The molecule has 0 aliphatic heterocycles. The van der Waals surface area contributed by atoms with Crippen LogP contribution in [-0.4, -0.2) is 44.1 Å². The van der Waals surface area contributed by atoms with Crippen molar-refractivity contribution in [3.63, 3.8) is 0 Å². The normalized spacial score (nSPS) is 28.4. The monoisotopic (exact) mass is 465 g/mol. The van der Waals surface area contributed by atoms with Gasteiger partial charge in [0.05, 0.1) is 32.6 Å². The van der Waals surface area contributed by atoms with Crippen LogP contribution in [0.1, 0.15) is 74.1 Å². The molecule has 2 fully saturated rings. The second-order valence-corrected chi connectivity index (χ2v) is 13.3. The van der Waals surface area contributed by atoms with Crippen molar-refractivity contribution in [2.45, 2.75) is 79.9 Å². The van der Waals surface area contributed by atoms with Crippen molar-refractivity contribution < 1.29 is 27.2 Å². The second-order valence-electron chi connectivity index (χ2n) is 8.88. The molecule has 0 unspecified atom stereocenters. The molecule has 176 valence electrons. The molecule has 2 saturated carbocycles. The third kappa shape index (κ3) is 5.13. The Morgan fingerprint density at radius 1 is 0.967 bits per heavy atom. The van der Waals surface area contributed by atoms with Crippen LogP contribution in [0.2, 0.25) is 0 Å².